The van der Waals surface area contributed by atoms with Crippen LogP contribution in [0, 0.1) is 11.7 Å². The molecule has 0 spiro atoms. The molecule has 0 saturated heterocycles. The van der Waals surface area contributed by atoms with Crippen LogP contribution >= 0.6 is 0 Å². The molecule has 0 aliphatic rings. The first kappa shape index (κ1) is 15.1. The molecule has 0 fully saturated rings. The summed E-state index contributed by atoms with van der Waals surface area (Å²) in [6.07, 6.45) is 0.519. The molecule has 0 amide bonds. The molecule has 0 aromatic heterocycles. The van der Waals surface area contributed by atoms with Crippen LogP contribution in [0.25, 0.3) is 0 Å². The summed E-state index contributed by atoms with van der Waals surface area (Å²) < 4.78 is 39.3. The van der Waals surface area contributed by atoms with Gasteiger partial charge in [0.2, 0.25) is 10.0 Å². The quantitative estimate of drug-likeness (QED) is 0.827. The summed E-state index contributed by atoms with van der Waals surface area (Å²) in [7, 11) is -3.79. The minimum atomic E-state index is -3.79. The zero-order chi connectivity index (χ0) is 13.8. The van der Waals surface area contributed by atoms with Crippen molar-refractivity contribution >= 4 is 10.0 Å². The van der Waals surface area contributed by atoms with Crippen molar-refractivity contribution in [2.24, 2.45) is 5.92 Å². The Bertz CT molecular complexity index is 488. The molecule has 0 aliphatic heterocycles. The molecule has 0 bridgehead atoms. The van der Waals surface area contributed by atoms with E-state index in [0.717, 1.165) is 6.07 Å². The van der Waals surface area contributed by atoms with E-state index in [1.807, 2.05) is 13.8 Å². The van der Waals surface area contributed by atoms with Gasteiger partial charge in [0, 0.05) is 6.04 Å². The van der Waals surface area contributed by atoms with E-state index in [1.54, 1.807) is 0 Å². The molecular weight excluding hydrogens is 257 g/mol. The molecule has 18 heavy (non-hydrogen) atoms. The number of hydrogen-bond acceptors (Lipinski definition) is 3. The molecule has 1 unspecified atom stereocenters. The van der Waals surface area contributed by atoms with E-state index >= 15 is 0 Å². The topological polar surface area (TPSA) is 66.4 Å². The van der Waals surface area contributed by atoms with Crippen LogP contribution in [0.15, 0.2) is 29.2 Å². The smallest absolute Gasteiger partial charge is 0.241 e. The second-order valence-electron chi connectivity index (χ2n) is 4.59. The Morgan fingerprint density at radius 1 is 1.39 bits per heavy atom. The first-order valence-electron chi connectivity index (χ1n) is 5.74. The maximum absolute atomic E-state index is 13.0. The van der Waals surface area contributed by atoms with Gasteiger partial charge in [0.15, 0.2) is 0 Å². The molecule has 1 atom stereocenters. The van der Waals surface area contributed by atoms with Gasteiger partial charge in [-0.15, -0.1) is 0 Å². The molecule has 1 rings (SSSR count). The molecule has 4 nitrogen and oxygen atoms in total. The van der Waals surface area contributed by atoms with Gasteiger partial charge < -0.3 is 5.11 Å². The normalized spacial score (nSPS) is 13.8. The number of benzene rings is 1. The van der Waals surface area contributed by atoms with Crippen molar-refractivity contribution in [3.8, 4) is 0 Å². The summed E-state index contributed by atoms with van der Waals surface area (Å²) in [4.78, 5) is -0.135. The van der Waals surface area contributed by atoms with Crippen LogP contribution in [0.1, 0.15) is 20.3 Å². The molecule has 6 heteroatoms. The minimum absolute atomic E-state index is 0.135. The van der Waals surface area contributed by atoms with E-state index in [2.05, 4.69) is 4.72 Å². The maximum atomic E-state index is 13.0. The lowest BCUT2D eigenvalue weighted by Gasteiger charge is -2.18. The monoisotopic (exact) mass is 275 g/mol. The summed E-state index contributed by atoms with van der Waals surface area (Å²) in [6.45, 7) is 3.57. The van der Waals surface area contributed by atoms with E-state index in [4.69, 9.17) is 5.11 Å². The molecule has 0 aliphatic carbocycles. The average molecular weight is 275 g/mol. The number of halogens is 1. The lowest BCUT2D eigenvalue weighted by molar-refractivity contribution is 0.240. The molecule has 0 radical (unpaired) electrons. The largest absolute Gasteiger partial charge is 0.395 e. The van der Waals surface area contributed by atoms with Gasteiger partial charge in [0.1, 0.15) is 5.82 Å². The van der Waals surface area contributed by atoms with Crippen molar-refractivity contribution in [1.82, 2.24) is 4.72 Å². The lowest BCUT2D eigenvalue weighted by atomic mass is 10.1. The zero-order valence-corrected chi connectivity index (χ0v) is 11.2. The van der Waals surface area contributed by atoms with Gasteiger partial charge in [0.25, 0.3) is 0 Å². The first-order valence-corrected chi connectivity index (χ1v) is 7.22. The van der Waals surface area contributed by atoms with E-state index in [1.165, 1.54) is 18.2 Å². The maximum Gasteiger partial charge on any atom is 0.241 e. The number of rotatable bonds is 6. The van der Waals surface area contributed by atoms with Crippen LogP contribution < -0.4 is 4.72 Å². The molecule has 0 heterocycles. The van der Waals surface area contributed by atoms with Gasteiger partial charge in [-0.25, -0.2) is 17.5 Å². The van der Waals surface area contributed by atoms with Crippen molar-refractivity contribution in [3.05, 3.63) is 30.1 Å². The lowest BCUT2D eigenvalue weighted by Crippen LogP contribution is -2.38. The number of sulfonamides is 1. The highest BCUT2D eigenvalue weighted by Crippen LogP contribution is 2.13. The van der Waals surface area contributed by atoms with Crippen LogP contribution in [-0.2, 0) is 10.0 Å². The minimum Gasteiger partial charge on any atom is -0.395 e. The Morgan fingerprint density at radius 2 is 2.06 bits per heavy atom. The standard InChI is InChI=1S/C12H18FNO3S/c1-9(2)6-11(8-15)14-18(16,17)12-5-3-4-10(13)7-12/h3-5,7,9,11,14-15H,6,8H2,1-2H3. The van der Waals surface area contributed by atoms with Gasteiger partial charge in [-0.3, -0.25) is 0 Å². The van der Waals surface area contributed by atoms with E-state index < -0.39 is 21.9 Å². The summed E-state index contributed by atoms with van der Waals surface area (Å²) in [5.74, 6) is -0.361. The van der Waals surface area contributed by atoms with Crippen molar-refractivity contribution in [3.63, 3.8) is 0 Å². The Hall–Kier alpha value is -0.980. The Morgan fingerprint density at radius 3 is 2.56 bits per heavy atom. The van der Waals surface area contributed by atoms with Crippen LogP contribution in [0.5, 0.6) is 0 Å². The van der Waals surface area contributed by atoms with Crippen LogP contribution in [0.4, 0.5) is 4.39 Å². The SMILES string of the molecule is CC(C)CC(CO)NS(=O)(=O)c1cccc(F)c1. The molecule has 1 aromatic carbocycles. The molecule has 2 N–H and O–H groups in total. The average Bonchev–Trinajstić information content (AvgIpc) is 2.27. The molecule has 1 aromatic rings. The Kier molecular flexibility index (Phi) is 5.25. The highest BCUT2D eigenvalue weighted by Gasteiger charge is 2.20. The number of nitrogens with one attached hydrogen (secondary N) is 1. The predicted molar refractivity (Wildman–Crippen MR) is 67.1 cm³/mol. The zero-order valence-electron chi connectivity index (χ0n) is 10.4. The van der Waals surface area contributed by atoms with Crippen molar-refractivity contribution in [2.75, 3.05) is 6.61 Å². The second-order valence-corrected chi connectivity index (χ2v) is 6.30. The van der Waals surface area contributed by atoms with Crippen molar-refractivity contribution < 1.29 is 17.9 Å². The fourth-order valence-corrected chi connectivity index (χ4v) is 2.92. The Balaban J connectivity index is 2.87. The fourth-order valence-electron chi connectivity index (χ4n) is 1.65. The van der Waals surface area contributed by atoms with Gasteiger partial charge in [-0.2, -0.15) is 0 Å². The summed E-state index contributed by atoms with van der Waals surface area (Å²) in [6, 6.07) is 4.22. The Labute approximate surface area is 107 Å². The third-order valence-corrected chi connectivity index (χ3v) is 3.92. The number of aliphatic hydroxyl groups is 1. The number of aliphatic hydroxyl groups excluding tert-OH is 1. The fraction of sp³-hybridized carbons (Fsp3) is 0.500. The van der Waals surface area contributed by atoms with Gasteiger partial charge in [-0.05, 0) is 30.5 Å². The van der Waals surface area contributed by atoms with Crippen molar-refractivity contribution in [1.29, 1.82) is 0 Å². The third-order valence-electron chi connectivity index (χ3n) is 2.40. The van der Waals surface area contributed by atoms with Gasteiger partial charge in [0.05, 0.1) is 11.5 Å². The highest BCUT2D eigenvalue weighted by atomic mass is 32.2. The highest BCUT2D eigenvalue weighted by molar-refractivity contribution is 7.89. The van der Waals surface area contributed by atoms with Crippen molar-refractivity contribution in [2.45, 2.75) is 31.2 Å². The summed E-state index contributed by atoms with van der Waals surface area (Å²) in [5.41, 5.74) is 0. The van der Waals surface area contributed by atoms with Crippen LogP contribution in [0.3, 0.4) is 0 Å². The van der Waals surface area contributed by atoms with Crippen LogP contribution in [-0.4, -0.2) is 26.2 Å². The first-order chi connectivity index (χ1) is 8.35. The van der Waals surface area contributed by atoms with Gasteiger partial charge in [-0.1, -0.05) is 19.9 Å². The molecule has 0 saturated carbocycles. The summed E-state index contributed by atoms with van der Waals surface area (Å²) >= 11 is 0. The third kappa shape index (κ3) is 4.36. The van der Waals surface area contributed by atoms with E-state index in [0.29, 0.717) is 6.42 Å². The molecular formula is C12H18FNO3S. The van der Waals surface area contributed by atoms with E-state index in [9.17, 15) is 12.8 Å². The van der Waals surface area contributed by atoms with Crippen LogP contribution in [0.2, 0.25) is 0 Å². The van der Waals surface area contributed by atoms with Gasteiger partial charge >= 0.3 is 0 Å². The summed E-state index contributed by atoms with van der Waals surface area (Å²) in [5, 5.41) is 9.14. The van der Waals surface area contributed by atoms with E-state index in [-0.39, 0.29) is 17.4 Å². The number of hydrogen-bond donors (Lipinski definition) is 2. The molecule has 102 valence electrons. The second kappa shape index (κ2) is 6.26. The predicted octanol–water partition coefficient (Wildman–Crippen LogP) is 1.51.